The van der Waals surface area contributed by atoms with Gasteiger partial charge in [0.2, 0.25) is 0 Å². The van der Waals surface area contributed by atoms with Gasteiger partial charge in [-0.1, -0.05) is 0 Å². The van der Waals surface area contributed by atoms with E-state index < -0.39 is 0 Å². The molecule has 4 aromatic rings. The third-order valence-corrected chi connectivity index (χ3v) is 4.99. The number of furan rings is 1. The fraction of sp³-hybridized carbons (Fsp3) is 0.150. The first-order chi connectivity index (χ1) is 14.6. The monoisotopic (exact) mass is 406 g/mol. The van der Waals surface area contributed by atoms with Crippen molar-refractivity contribution in [2.75, 3.05) is 5.32 Å². The standard InChI is InChI=1S/C20H18N6O4/c27-13-6-15(23-18-3-4-22-26(18)10-14-2-1-5-30-14)19(17(28)7-13)20(29)25-9-12-8-21-24-16(12)11-25/h1-8,23,27-28H,9-11H2,(H,21,24). The lowest BCUT2D eigenvalue weighted by Crippen LogP contribution is -2.26. The Kier molecular flexibility index (Phi) is 4.16. The highest BCUT2D eigenvalue weighted by molar-refractivity contribution is 6.03. The van der Waals surface area contributed by atoms with Crippen molar-refractivity contribution in [3.05, 3.63) is 71.6 Å². The number of anilines is 2. The summed E-state index contributed by atoms with van der Waals surface area (Å²) < 4.78 is 7.02. The largest absolute Gasteiger partial charge is 0.508 e. The van der Waals surface area contributed by atoms with Crippen molar-refractivity contribution in [3.8, 4) is 11.5 Å². The van der Waals surface area contributed by atoms with E-state index in [-0.39, 0.29) is 28.7 Å². The minimum atomic E-state index is -0.364. The molecule has 30 heavy (non-hydrogen) atoms. The van der Waals surface area contributed by atoms with E-state index in [1.807, 2.05) is 6.07 Å². The van der Waals surface area contributed by atoms with Crippen LogP contribution in [0.15, 0.2) is 53.4 Å². The number of hydrogen-bond donors (Lipinski definition) is 4. The van der Waals surface area contributed by atoms with Crippen LogP contribution in [-0.4, -0.2) is 41.0 Å². The number of aromatic hydroxyl groups is 2. The maximum absolute atomic E-state index is 13.2. The molecule has 10 heteroatoms. The van der Waals surface area contributed by atoms with Crippen molar-refractivity contribution in [2.45, 2.75) is 19.6 Å². The van der Waals surface area contributed by atoms with Crippen molar-refractivity contribution in [1.29, 1.82) is 0 Å². The first kappa shape index (κ1) is 17.9. The number of amides is 1. The zero-order chi connectivity index (χ0) is 20.7. The fourth-order valence-electron chi connectivity index (χ4n) is 3.55. The molecule has 5 rings (SSSR count). The number of phenols is 2. The summed E-state index contributed by atoms with van der Waals surface area (Å²) in [6, 6.07) is 7.89. The molecule has 0 spiro atoms. The van der Waals surface area contributed by atoms with Crippen molar-refractivity contribution in [2.24, 2.45) is 0 Å². The highest BCUT2D eigenvalue weighted by Crippen LogP contribution is 2.35. The van der Waals surface area contributed by atoms with Crippen LogP contribution in [0.2, 0.25) is 0 Å². The van der Waals surface area contributed by atoms with Gasteiger partial charge in [-0.25, -0.2) is 4.68 Å². The quantitative estimate of drug-likeness (QED) is 0.400. The average Bonchev–Trinajstić information content (AvgIpc) is 3.46. The second-order valence-corrected chi connectivity index (χ2v) is 7.00. The van der Waals surface area contributed by atoms with Crippen LogP contribution >= 0.6 is 0 Å². The summed E-state index contributed by atoms with van der Waals surface area (Å²) in [5.74, 6) is 0.439. The number of aromatic amines is 1. The summed E-state index contributed by atoms with van der Waals surface area (Å²) in [5.41, 5.74) is 2.14. The molecule has 0 bridgehead atoms. The van der Waals surface area contributed by atoms with Gasteiger partial charge in [0.1, 0.15) is 35.2 Å². The maximum atomic E-state index is 13.2. The lowest BCUT2D eigenvalue weighted by Gasteiger charge is -2.20. The van der Waals surface area contributed by atoms with Gasteiger partial charge in [0.05, 0.1) is 36.6 Å². The number of hydrogen-bond acceptors (Lipinski definition) is 7. The molecule has 0 unspecified atom stereocenters. The van der Waals surface area contributed by atoms with E-state index in [0.717, 1.165) is 17.3 Å². The van der Waals surface area contributed by atoms with Crippen LogP contribution in [0.1, 0.15) is 27.4 Å². The van der Waals surface area contributed by atoms with Crippen molar-refractivity contribution in [1.82, 2.24) is 24.9 Å². The van der Waals surface area contributed by atoms with Gasteiger partial charge in [0.15, 0.2) is 0 Å². The Morgan fingerprint density at radius 2 is 2.17 bits per heavy atom. The van der Waals surface area contributed by atoms with E-state index in [2.05, 4.69) is 20.6 Å². The first-order valence-corrected chi connectivity index (χ1v) is 9.26. The molecule has 0 saturated heterocycles. The number of nitrogens with one attached hydrogen (secondary N) is 2. The summed E-state index contributed by atoms with van der Waals surface area (Å²) in [7, 11) is 0. The van der Waals surface area contributed by atoms with Gasteiger partial charge >= 0.3 is 0 Å². The summed E-state index contributed by atoms with van der Waals surface area (Å²) >= 11 is 0. The van der Waals surface area contributed by atoms with Crippen molar-refractivity contribution >= 4 is 17.4 Å². The number of carbonyl (C=O) groups excluding carboxylic acids is 1. The Hall–Kier alpha value is -4.21. The second kappa shape index (κ2) is 6.99. The lowest BCUT2D eigenvalue weighted by atomic mass is 10.1. The zero-order valence-corrected chi connectivity index (χ0v) is 15.7. The van der Waals surface area contributed by atoms with Crippen LogP contribution in [0.3, 0.4) is 0 Å². The predicted octanol–water partition coefficient (Wildman–Crippen LogP) is 2.56. The number of fused-ring (bicyclic) bond motifs is 1. The van der Waals surface area contributed by atoms with Crippen LogP contribution in [0.4, 0.5) is 11.5 Å². The van der Waals surface area contributed by atoms with Gasteiger partial charge in [-0.05, 0) is 12.1 Å². The number of nitrogens with zero attached hydrogens (tertiary/aromatic N) is 4. The molecule has 1 aromatic carbocycles. The van der Waals surface area contributed by atoms with Crippen LogP contribution in [0.5, 0.6) is 11.5 Å². The molecule has 3 aromatic heterocycles. The van der Waals surface area contributed by atoms with Crippen LogP contribution < -0.4 is 5.32 Å². The molecule has 0 radical (unpaired) electrons. The molecule has 0 fully saturated rings. The van der Waals surface area contributed by atoms with E-state index in [0.29, 0.717) is 31.2 Å². The number of phenolic OH excluding ortho intramolecular Hbond substituents is 2. The van der Waals surface area contributed by atoms with Crippen molar-refractivity contribution < 1.29 is 19.4 Å². The molecule has 4 N–H and O–H groups in total. The normalized spacial score (nSPS) is 12.9. The summed E-state index contributed by atoms with van der Waals surface area (Å²) in [5, 5.41) is 34.7. The zero-order valence-electron chi connectivity index (χ0n) is 15.7. The Bertz CT molecular complexity index is 1190. The summed E-state index contributed by atoms with van der Waals surface area (Å²) in [6.07, 6.45) is 4.87. The number of rotatable bonds is 5. The highest BCUT2D eigenvalue weighted by atomic mass is 16.3. The lowest BCUT2D eigenvalue weighted by molar-refractivity contribution is 0.0747. The Morgan fingerprint density at radius 3 is 2.97 bits per heavy atom. The van der Waals surface area contributed by atoms with Gasteiger partial charge in [0, 0.05) is 30.3 Å². The fourth-order valence-corrected chi connectivity index (χ4v) is 3.55. The van der Waals surface area contributed by atoms with Crippen LogP contribution in [0, 0.1) is 0 Å². The Morgan fingerprint density at radius 1 is 1.27 bits per heavy atom. The first-order valence-electron chi connectivity index (χ1n) is 9.26. The SMILES string of the molecule is O=C(c1c(O)cc(O)cc1Nc1ccnn1Cc1ccco1)N1Cc2cn[nH]c2C1. The Balaban J connectivity index is 1.45. The smallest absolute Gasteiger partial charge is 0.260 e. The van der Waals surface area contributed by atoms with Crippen molar-refractivity contribution in [3.63, 3.8) is 0 Å². The molecule has 1 amide bonds. The molecule has 10 nitrogen and oxygen atoms in total. The average molecular weight is 406 g/mol. The molecule has 152 valence electrons. The molecule has 4 heterocycles. The van der Waals surface area contributed by atoms with Gasteiger partial charge in [-0.3, -0.25) is 9.89 Å². The van der Waals surface area contributed by atoms with E-state index in [1.165, 1.54) is 6.07 Å². The summed E-state index contributed by atoms with van der Waals surface area (Å²) in [6.45, 7) is 1.13. The van der Waals surface area contributed by atoms with E-state index in [9.17, 15) is 15.0 Å². The molecule has 1 aliphatic rings. The van der Waals surface area contributed by atoms with Crippen LogP contribution in [-0.2, 0) is 19.6 Å². The topological polar surface area (TPSA) is 132 Å². The van der Waals surface area contributed by atoms with E-state index in [1.54, 1.807) is 40.4 Å². The summed E-state index contributed by atoms with van der Waals surface area (Å²) in [4.78, 5) is 14.8. The molecule has 1 aliphatic heterocycles. The third-order valence-electron chi connectivity index (χ3n) is 4.99. The third kappa shape index (κ3) is 3.13. The minimum absolute atomic E-state index is 0.0664. The molecule has 0 saturated carbocycles. The van der Waals surface area contributed by atoms with Crippen LogP contribution in [0.25, 0.3) is 0 Å². The van der Waals surface area contributed by atoms with Gasteiger partial charge < -0.3 is 24.8 Å². The van der Waals surface area contributed by atoms with E-state index >= 15 is 0 Å². The number of H-pyrrole nitrogens is 1. The molecule has 0 atom stereocenters. The minimum Gasteiger partial charge on any atom is -0.508 e. The molecule has 0 aliphatic carbocycles. The molecular weight excluding hydrogens is 388 g/mol. The second-order valence-electron chi connectivity index (χ2n) is 7.00. The maximum Gasteiger partial charge on any atom is 0.260 e. The number of benzene rings is 1. The number of carbonyl (C=O) groups is 1. The highest BCUT2D eigenvalue weighted by Gasteiger charge is 2.29. The number of aromatic nitrogens is 4. The van der Waals surface area contributed by atoms with Gasteiger partial charge in [0.25, 0.3) is 5.91 Å². The van der Waals surface area contributed by atoms with E-state index in [4.69, 9.17) is 4.42 Å². The van der Waals surface area contributed by atoms with Gasteiger partial charge in [-0.2, -0.15) is 10.2 Å². The predicted molar refractivity (Wildman–Crippen MR) is 105 cm³/mol. The molecular formula is C20H18N6O4. The Labute approximate surface area is 170 Å². The van der Waals surface area contributed by atoms with Gasteiger partial charge in [-0.15, -0.1) is 0 Å².